The zero-order valence-corrected chi connectivity index (χ0v) is 16.8. The van der Waals surface area contributed by atoms with E-state index in [0.29, 0.717) is 17.7 Å². The van der Waals surface area contributed by atoms with Crippen LogP contribution in [0.2, 0.25) is 0 Å². The van der Waals surface area contributed by atoms with Gasteiger partial charge in [0.15, 0.2) is 5.54 Å². The van der Waals surface area contributed by atoms with E-state index in [9.17, 15) is 14.4 Å². The normalized spacial score (nSPS) is 18.5. The molecule has 2 saturated heterocycles. The molecule has 7 nitrogen and oxygen atoms in total. The summed E-state index contributed by atoms with van der Waals surface area (Å²) in [5.74, 6) is -0.783. The van der Waals surface area contributed by atoms with E-state index in [4.69, 9.17) is 0 Å². The van der Waals surface area contributed by atoms with Gasteiger partial charge in [-0.1, -0.05) is 60.7 Å². The first-order chi connectivity index (χ1) is 14.6. The second kappa shape index (κ2) is 8.67. The summed E-state index contributed by atoms with van der Waals surface area (Å²) >= 11 is 0. The van der Waals surface area contributed by atoms with E-state index in [0.717, 1.165) is 24.5 Å². The van der Waals surface area contributed by atoms with Crippen LogP contribution >= 0.6 is 0 Å². The molecule has 0 atom stereocenters. The van der Waals surface area contributed by atoms with Gasteiger partial charge in [-0.25, -0.2) is 4.79 Å². The molecule has 0 bridgehead atoms. The summed E-state index contributed by atoms with van der Waals surface area (Å²) in [5.41, 5.74) is -0.0203. The first-order valence-electron chi connectivity index (χ1n) is 10.4. The average Bonchev–Trinajstić information content (AvgIpc) is 3.38. The van der Waals surface area contributed by atoms with Crippen LogP contribution in [0.3, 0.4) is 0 Å². The molecule has 2 aliphatic heterocycles. The van der Waals surface area contributed by atoms with Crippen LogP contribution in [0, 0.1) is 0 Å². The van der Waals surface area contributed by atoms with Crippen LogP contribution in [0.4, 0.5) is 4.79 Å². The van der Waals surface area contributed by atoms with Crippen molar-refractivity contribution < 1.29 is 14.4 Å². The number of benzene rings is 2. The van der Waals surface area contributed by atoms with Gasteiger partial charge in [0.1, 0.15) is 6.54 Å². The molecule has 2 aliphatic rings. The standard InChI is InChI=1S/C23H26N4O3/c28-20(24-13-16-26-14-7-8-15-26)17-27-21(29)23(25-22(27)30,18-9-3-1-4-10-18)19-11-5-2-6-12-19/h1-6,9-12H,7-8,13-17H2,(H,24,28)(H,25,30). The zero-order valence-electron chi connectivity index (χ0n) is 16.8. The molecule has 0 radical (unpaired) electrons. The minimum Gasteiger partial charge on any atom is -0.353 e. The Morgan fingerprint density at radius 2 is 1.50 bits per heavy atom. The fourth-order valence-corrected chi connectivity index (χ4v) is 4.21. The van der Waals surface area contributed by atoms with Crippen molar-refractivity contribution in [1.29, 1.82) is 0 Å². The first kappa shape index (κ1) is 20.1. The van der Waals surface area contributed by atoms with Crippen LogP contribution in [0.15, 0.2) is 60.7 Å². The fraction of sp³-hybridized carbons (Fsp3) is 0.348. The van der Waals surface area contributed by atoms with Crippen molar-refractivity contribution in [3.05, 3.63) is 71.8 Å². The molecule has 2 N–H and O–H groups in total. The number of nitrogens with zero attached hydrogens (tertiary/aromatic N) is 2. The summed E-state index contributed by atoms with van der Waals surface area (Å²) in [6.45, 7) is 3.10. The van der Waals surface area contributed by atoms with Crippen molar-refractivity contribution >= 4 is 17.8 Å². The maximum absolute atomic E-state index is 13.5. The highest BCUT2D eigenvalue weighted by Gasteiger charge is 2.53. The van der Waals surface area contributed by atoms with Crippen molar-refractivity contribution in [3.8, 4) is 0 Å². The molecule has 2 heterocycles. The molecule has 2 aromatic rings. The number of amides is 4. The van der Waals surface area contributed by atoms with Crippen molar-refractivity contribution in [2.75, 3.05) is 32.7 Å². The largest absolute Gasteiger partial charge is 0.353 e. The molecule has 2 aromatic carbocycles. The third kappa shape index (κ3) is 3.80. The SMILES string of the molecule is O=C(CN1C(=O)NC(c2ccccc2)(c2ccccc2)C1=O)NCCN1CCCC1. The van der Waals surface area contributed by atoms with Crippen LogP contribution in [-0.2, 0) is 15.1 Å². The second-order valence-electron chi connectivity index (χ2n) is 7.70. The maximum Gasteiger partial charge on any atom is 0.326 e. The second-order valence-corrected chi connectivity index (χ2v) is 7.70. The molecule has 0 aliphatic carbocycles. The van der Waals surface area contributed by atoms with Crippen molar-refractivity contribution in [1.82, 2.24) is 20.4 Å². The monoisotopic (exact) mass is 406 g/mol. The summed E-state index contributed by atoms with van der Waals surface area (Å²) in [7, 11) is 0. The van der Waals surface area contributed by atoms with Gasteiger partial charge in [-0.05, 0) is 37.1 Å². The molecule has 30 heavy (non-hydrogen) atoms. The number of imide groups is 1. The topological polar surface area (TPSA) is 81.8 Å². The molecule has 4 rings (SSSR count). The smallest absolute Gasteiger partial charge is 0.326 e. The van der Waals surface area contributed by atoms with E-state index >= 15 is 0 Å². The van der Waals surface area contributed by atoms with Gasteiger partial charge in [-0.2, -0.15) is 0 Å². The van der Waals surface area contributed by atoms with Crippen molar-refractivity contribution in [2.24, 2.45) is 0 Å². The van der Waals surface area contributed by atoms with E-state index < -0.39 is 17.5 Å². The minimum atomic E-state index is -1.34. The quantitative estimate of drug-likeness (QED) is 0.686. The molecule has 0 saturated carbocycles. The van der Waals surface area contributed by atoms with Crippen LogP contribution < -0.4 is 10.6 Å². The van der Waals surface area contributed by atoms with Gasteiger partial charge in [0, 0.05) is 13.1 Å². The van der Waals surface area contributed by atoms with Gasteiger partial charge in [0.05, 0.1) is 0 Å². The highest BCUT2D eigenvalue weighted by molar-refractivity contribution is 6.11. The number of hydrogen-bond donors (Lipinski definition) is 2. The number of nitrogens with one attached hydrogen (secondary N) is 2. The van der Waals surface area contributed by atoms with E-state index in [1.807, 2.05) is 60.7 Å². The van der Waals surface area contributed by atoms with Crippen LogP contribution in [0.25, 0.3) is 0 Å². The summed E-state index contributed by atoms with van der Waals surface area (Å²) in [4.78, 5) is 42.0. The predicted octanol–water partition coefficient (Wildman–Crippen LogP) is 1.69. The number of carbonyl (C=O) groups is 3. The third-order valence-corrected chi connectivity index (χ3v) is 5.77. The zero-order chi connectivity index (χ0) is 21.0. The lowest BCUT2D eigenvalue weighted by Gasteiger charge is -2.28. The number of hydrogen-bond acceptors (Lipinski definition) is 4. The Morgan fingerprint density at radius 1 is 0.933 bits per heavy atom. The third-order valence-electron chi connectivity index (χ3n) is 5.77. The highest BCUT2D eigenvalue weighted by Crippen LogP contribution is 2.35. The highest BCUT2D eigenvalue weighted by atomic mass is 16.2. The lowest BCUT2D eigenvalue weighted by Crippen LogP contribution is -2.46. The lowest BCUT2D eigenvalue weighted by molar-refractivity contribution is -0.134. The Hall–Kier alpha value is -3.19. The Bertz CT molecular complexity index is 871. The van der Waals surface area contributed by atoms with Gasteiger partial charge >= 0.3 is 6.03 Å². The van der Waals surface area contributed by atoms with E-state index in [1.54, 1.807) is 0 Å². The Labute approximate surface area is 176 Å². The fourth-order valence-electron chi connectivity index (χ4n) is 4.21. The molecule has 0 spiro atoms. The Balaban J connectivity index is 1.51. The number of urea groups is 1. The molecule has 4 amide bonds. The van der Waals surface area contributed by atoms with E-state index in [1.165, 1.54) is 12.8 Å². The first-order valence-corrected chi connectivity index (χ1v) is 10.4. The van der Waals surface area contributed by atoms with Gasteiger partial charge in [0.25, 0.3) is 5.91 Å². The van der Waals surface area contributed by atoms with Gasteiger partial charge in [-0.3, -0.25) is 14.5 Å². The lowest BCUT2D eigenvalue weighted by atomic mass is 9.82. The summed E-state index contributed by atoms with van der Waals surface area (Å²) in [5, 5.41) is 5.69. The summed E-state index contributed by atoms with van der Waals surface area (Å²) < 4.78 is 0. The van der Waals surface area contributed by atoms with Crippen LogP contribution in [-0.4, -0.2) is 60.4 Å². The van der Waals surface area contributed by atoms with E-state index in [-0.39, 0.29) is 12.5 Å². The number of carbonyl (C=O) groups excluding carboxylic acids is 3. The van der Waals surface area contributed by atoms with Crippen LogP contribution in [0.5, 0.6) is 0 Å². The minimum absolute atomic E-state index is 0.300. The molecule has 7 heteroatoms. The van der Waals surface area contributed by atoms with Gasteiger partial charge in [0.2, 0.25) is 5.91 Å². The molecular formula is C23H26N4O3. The number of likely N-dealkylation sites (tertiary alicyclic amines) is 1. The molecule has 156 valence electrons. The maximum atomic E-state index is 13.5. The van der Waals surface area contributed by atoms with Crippen molar-refractivity contribution in [2.45, 2.75) is 18.4 Å². The Morgan fingerprint density at radius 3 is 2.07 bits per heavy atom. The molecule has 0 aromatic heterocycles. The van der Waals surface area contributed by atoms with Crippen LogP contribution in [0.1, 0.15) is 24.0 Å². The predicted molar refractivity (Wildman–Crippen MR) is 113 cm³/mol. The van der Waals surface area contributed by atoms with E-state index in [2.05, 4.69) is 15.5 Å². The molecular weight excluding hydrogens is 380 g/mol. The summed E-state index contributed by atoms with van der Waals surface area (Å²) in [6, 6.07) is 17.7. The number of rotatable bonds is 7. The molecule has 0 unspecified atom stereocenters. The van der Waals surface area contributed by atoms with Gasteiger partial charge < -0.3 is 15.5 Å². The van der Waals surface area contributed by atoms with Gasteiger partial charge in [-0.15, -0.1) is 0 Å². The average molecular weight is 406 g/mol. The Kier molecular flexibility index (Phi) is 5.81. The van der Waals surface area contributed by atoms with Crippen molar-refractivity contribution in [3.63, 3.8) is 0 Å². The molecule has 2 fully saturated rings. The summed E-state index contributed by atoms with van der Waals surface area (Å²) in [6.07, 6.45) is 2.38.